The van der Waals surface area contributed by atoms with Gasteiger partial charge in [-0.2, -0.15) is 0 Å². The average Bonchev–Trinajstić information content (AvgIpc) is 2.27. The molecule has 7 nitrogen and oxygen atoms in total. The van der Waals surface area contributed by atoms with E-state index in [4.69, 9.17) is 17.3 Å². The van der Waals surface area contributed by atoms with E-state index in [2.05, 4.69) is 4.72 Å². The largest absolute Gasteiger partial charge is 0.329 e. The first-order valence-electron chi connectivity index (χ1n) is 5.27. The Kier molecular flexibility index (Phi) is 4.51. The van der Waals surface area contributed by atoms with Crippen molar-refractivity contribution in [2.75, 3.05) is 6.54 Å². The van der Waals surface area contributed by atoms with Crippen LogP contribution in [-0.4, -0.2) is 25.4 Å². The molecule has 0 aliphatic carbocycles. The Bertz CT molecular complexity index is 601. The second-order valence-electron chi connectivity index (χ2n) is 4.56. The fraction of sp³-hybridized carbons (Fsp3) is 0.400. The summed E-state index contributed by atoms with van der Waals surface area (Å²) < 4.78 is 26.5. The molecule has 3 N–H and O–H groups in total. The smallest absolute Gasteiger partial charge is 0.289 e. The van der Waals surface area contributed by atoms with Crippen molar-refractivity contribution in [1.29, 1.82) is 0 Å². The van der Waals surface area contributed by atoms with Crippen LogP contribution in [-0.2, 0) is 10.0 Å². The molecular formula is C10H14ClN3O4S. The second kappa shape index (κ2) is 5.41. The molecule has 0 unspecified atom stereocenters. The molecule has 1 aromatic rings. The van der Waals surface area contributed by atoms with E-state index in [9.17, 15) is 18.5 Å². The highest BCUT2D eigenvalue weighted by Gasteiger charge is 2.27. The Labute approximate surface area is 115 Å². The molecule has 0 aliphatic rings. The van der Waals surface area contributed by atoms with Gasteiger partial charge in [0.2, 0.25) is 10.0 Å². The predicted octanol–water partition coefficient (Wildman–Crippen LogP) is 1.26. The molecule has 0 saturated heterocycles. The van der Waals surface area contributed by atoms with E-state index in [1.165, 1.54) is 12.1 Å². The van der Waals surface area contributed by atoms with Crippen molar-refractivity contribution in [3.63, 3.8) is 0 Å². The summed E-state index contributed by atoms with van der Waals surface area (Å²) in [6, 6.07) is 3.28. The molecule has 0 fully saturated rings. The molecule has 9 heteroatoms. The topological polar surface area (TPSA) is 115 Å². The van der Waals surface area contributed by atoms with Gasteiger partial charge in [0.05, 0.1) is 9.82 Å². The maximum absolute atomic E-state index is 12.1. The minimum Gasteiger partial charge on any atom is -0.329 e. The van der Waals surface area contributed by atoms with Crippen LogP contribution >= 0.6 is 11.6 Å². The molecule has 0 spiro atoms. The molecule has 0 heterocycles. The fourth-order valence-electron chi connectivity index (χ4n) is 1.26. The first-order chi connectivity index (χ1) is 8.59. The number of hydrogen-bond donors (Lipinski definition) is 2. The molecule has 0 saturated carbocycles. The molecule has 0 aliphatic heterocycles. The van der Waals surface area contributed by atoms with Crippen molar-refractivity contribution in [3.05, 3.63) is 33.3 Å². The van der Waals surface area contributed by atoms with Crippen LogP contribution < -0.4 is 10.5 Å². The molecule has 106 valence electrons. The SMILES string of the molecule is CC(C)(CN)NS(=O)(=O)c1ccc(Cl)c([N+](=O)[O-])c1. The summed E-state index contributed by atoms with van der Waals surface area (Å²) in [7, 11) is -3.90. The highest BCUT2D eigenvalue weighted by atomic mass is 35.5. The molecular weight excluding hydrogens is 294 g/mol. The number of sulfonamides is 1. The summed E-state index contributed by atoms with van der Waals surface area (Å²) in [4.78, 5) is 9.76. The highest BCUT2D eigenvalue weighted by Crippen LogP contribution is 2.27. The number of nitro benzene ring substituents is 1. The van der Waals surface area contributed by atoms with Gasteiger partial charge in [0, 0.05) is 18.2 Å². The minimum atomic E-state index is -3.90. The first-order valence-corrected chi connectivity index (χ1v) is 7.13. The Morgan fingerprint density at radius 1 is 1.47 bits per heavy atom. The van der Waals surface area contributed by atoms with Crippen molar-refractivity contribution in [2.24, 2.45) is 5.73 Å². The van der Waals surface area contributed by atoms with E-state index in [1.54, 1.807) is 13.8 Å². The van der Waals surface area contributed by atoms with Gasteiger partial charge >= 0.3 is 0 Å². The van der Waals surface area contributed by atoms with E-state index in [0.717, 1.165) is 6.07 Å². The summed E-state index contributed by atoms with van der Waals surface area (Å²) in [6.45, 7) is 3.30. The second-order valence-corrected chi connectivity index (χ2v) is 6.65. The quantitative estimate of drug-likeness (QED) is 0.627. The molecule has 0 bridgehead atoms. The lowest BCUT2D eigenvalue weighted by Gasteiger charge is -2.23. The molecule has 1 aromatic carbocycles. The number of nitrogens with two attached hydrogens (primary N) is 1. The van der Waals surface area contributed by atoms with Crippen LogP contribution in [0.15, 0.2) is 23.1 Å². The van der Waals surface area contributed by atoms with E-state index < -0.39 is 26.2 Å². The average molecular weight is 308 g/mol. The van der Waals surface area contributed by atoms with E-state index in [1.807, 2.05) is 0 Å². The molecule has 19 heavy (non-hydrogen) atoms. The normalized spacial score (nSPS) is 12.4. The number of halogens is 1. The maximum atomic E-state index is 12.1. The van der Waals surface area contributed by atoms with Crippen LogP contribution in [0.4, 0.5) is 5.69 Å². The van der Waals surface area contributed by atoms with Gasteiger partial charge in [0.15, 0.2) is 0 Å². The van der Waals surface area contributed by atoms with Gasteiger partial charge in [-0.25, -0.2) is 13.1 Å². The van der Waals surface area contributed by atoms with Gasteiger partial charge < -0.3 is 5.73 Å². The van der Waals surface area contributed by atoms with Crippen LogP contribution in [0.3, 0.4) is 0 Å². The summed E-state index contributed by atoms with van der Waals surface area (Å²) in [5.74, 6) is 0. The standard InChI is InChI=1S/C10H14ClN3O4S/c1-10(2,6-12)13-19(17,18)7-3-4-8(11)9(5-7)14(15)16/h3-5,13H,6,12H2,1-2H3. The molecule has 0 aromatic heterocycles. The first kappa shape index (κ1) is 15.8. The van der Waals surface area contributed by atoms with Crippen LogP contribution in [0.1, 0.15) is 13.8 Å². The van der Waals surface area contributed by atoms with Crippen molar-refractivity contribution in [3.8, 4) is 0 Å². The van der Waals surface area contributed by atoms with Crippen LogP contribution in [0.25, 0.3) is 0 Å². The summed E-state index contributed by atoms with van der Waals surface area (Å²) >= 11 is 5.62. The monoisotopic (exact) mass is 307 g/mol. The Morgan fingerprint density at radius 3 is 2.53 bits per heavy atom. The maximum Gasteiger partial charge on any atom is 0.289 e. The van der Waals surface area contributed by atoms with Gasteiger partial charge in [-0.05, 0) is 26.0 Å². The van der Waals surface area contributed by atoms with Crippen molar-refractivity contribution < 1.29 is 13.3 Å². The number of benzene rings is 1. The van der Waals surface area contributed by atoms with Crippen molar-refractivity contribution in [2.45, 2.75) is 24.3 Å². The molecule has 0 radical (unpaired) electrons. The molecule has 0 atom stereocenters. The van der Waals surface area contributed by atoms with Gasteiger partial charge in [0.1, 0.15) is 5.02 Å². The third-order valence-electron chi connectivity index (χ3n) is 2.35. The number of nitro groups is 1. The number of nitrogens with one attached hydrogen (secondary N) is 1. The number of hydrogen-bond acceptors (Lipinski definition) is 5. The van der Waals surface area contributed by atoms with Gasteiger partial charge in [-0.1, -0.05) is 11.6 Å². The summed E-state index contributed by atoms with van der Waals surface area (Å²) in [6.07, 6.45) is 0. The van der Waals surface area contributed by atoms with E-state index in [0.29, 0.717) is 0 Å². The van der Waals surface area contributed by atoms with Crippen molar-refractivity contribution in [1.82, 2.24) is 4.72 Å². The third-order valence-corrected chi connectivity index (χ3v) is 4.36. The van der Waals surface area contributed by atoms with Gasteiger partial charge in [0.25, 0.3) is 5.69 Å². The van der Waals surface area contributed by atoms with Gasteiger partial charge in [-0.3, -0.25) is 10.1 Å². The Balaban J connectivity index is 3.23. The lowest BCUT2D eigenvalue weighted by Crippen LogP contribution is -2.48. The number of nitrogens with zero attached hydrogens (tertiary/aromatic N) is 1. The molecule has 0 amide bonds. The van der Waals surface area contributed by atoms with Crippen LogP contribution in [0.2, 0.25) is 5.02 Å². The van der Waals surface area contributed by atoms with Gasteiger partial charge in [-0.15, -0.1) is 0 Å². The fourth-order valence-corrected chi connectivity index (χ4v) is 2.89. The van der Waals surface area contributed by atoms with E-state index in [-0.39, 0.29) is 16.5 Å². The van der Waals surface area contributed by atoms with Crippen LogP contribution in [0.5, 0.6) is 0 Å². The zero-order chi connectivity index (χ0) is 14.8. The predicted molar refractivity (Wildman–Crippen MR) is 71.6 cm³/mol. The van der Waals surface area contributed by atoms with Crippen molar-refractivity contribution >= 4 is 27.3 Å². The summed E-state index contributed by atoms with van der Waals surface area (Å²) in [5.41, 5.74) is 4.12. The third kappa shape index (κ3) is 3.87. The van der Waals surface area contributed by atoms with Crippen LogP contribution in [0, 0.1) is 10.1 Å². The summed E-state index contributed by atoms with van der Waals surface area (Å²) in [5, 5.41) is 10.6. The highest BCUT2D eigenvalue weighted by molar-refractivity contribution is 7.89. The Morgan fingerprint density at radius 2 is 2.05 bits per heavy atom. The number of rotatable bonds is 5. The zero-order valence-corrected chi connectivity index (χ0v) is 12.0. The Hall–Kier alpha value is -1.22. The molecule has 1 rings (SSSR count). The lowest BCUT2D eigenvalue weighted by atomic mass is 10.1. The van der Waals surface area contributed by atoms with E-state index >= 15 is 0 Å². The minimum absolute atomic E-state index is 0.0852. The lowest BCUT2D eigenvalue weighted by molar-refractivity contribution is -0.384. The zero-order valence-electron chi connectivity index (χ0n) is 10.4.